The summed E-state index contributed by atoms with van der Waals surface area (Å²) in [6.07, 6.45) is -17.4. The van der Waals surface area contributed by atoms with Gasteiger partial charge in [0.1, 0.15) is 71.3 Å². The Morgan fingerprint density at radius 2 is 1.34 bits per heavy atom. The lowest BCUT2D eigenvalue weighted by Crippen LogP contribution is -2.62. The van der Waals surface area contributed by atoms with Crippen LogP contribution in [0, 0.1) is 0 Å². The quantitative estimate of drug-likeness (QED) is 0.119. The second-order valence-corrected chi connectivity index (χ2v) is 10.3. The molecule has 0 aliphatic carbocycles. The van der Waals surface area contributed by atoms with Gasteiger partial charge in [-0.25, -0.2) is 0 Å². The zero-order valence-electron chi connectivity index (χ0n) is 22.4. The van der Waals surface area contributed by atoms with Gasteiger partial charge in [0, 0.05) is 17.7 Å². The molecule has 17 nitrogen and oxygen atoms in total. The monoisotopic (exact) mass is 626 g/mol. The normalized spacial score (nSPS) is 32.5. The van der Waals surface area contributed by atoms with E-state index in [9.17, 15) is 61.0 Å². The highest BCUT2D eigenvalue weighted by atomic mass is 16.7. The van der Waals surface area contributed by atoms with Crippen LogP contribution in [0.3, 0.4) is 0 Å². The first-order chi connectivity index (χ1) is 20.8. The molecule has 3 heterocycles. The van der Waals surface area contributed by atoms with Crippen molar-refractivity contribution >= 4 is 11.0 Å². The van der Waals surface area contributed by atoms with Crippen molar-refractivity contribution < 1.29 is 79.5 Å². The predicted octanol–water partition coefficient (Wildman–Crippen LogP) is -2.71. The summed E-state index contributed by atoms with van der Waals surface area (Å²) in [4.78, 5) is 13.6. The zero-order chi connectivity index (χ0) is 32.0. The molecule has 17 heteroatoms. The fraction of sp³-hybridized carbons (Fsp3) is 0.444. The molecule has 0 unspecified atom stereocenters. The Bertz CT molecular complexity index is 1560. The summed E-state index contributed by atoms with van der Waals surface area (Å²) in [6, 6.07) is 5.17. The lowest BCUT2D eigenvalue weighted by molar-refractivity contribution is -0.323. The van der Waals surface area contributed by atoms with E-state index in [1.54, 1.807) is 0 Å². The first-order valence-electron chi connectivity index (χ1n) is 13.2. The number of phenols is 4. The third-order valence-corrected chi connectivity index (χ3v) is 7.33. The van der Waals surface area contributed by atoms with E-state index in [1.165, 1.54) is 6.07 Å². The molecule has 0 amide bonds. The summed E-state index contributed by atoms with van der Waals surface area (Å²) in [5.41, 5.74) is -1.41. The van der Waals surface area contributed by atoms with Crippen LogP contribution in [-0.4, -0.2) is 131 Å². The van der Waals surface area contributed by atoms with Gasteiger partial charge in [0.25, 0.3) is 0 Å². The number of benzene rings is 2. The highest BCUT2D eigenvalue weighted by molar-refractivity contribution is 5.88. The summed E-state index contributed by atoms with van der Waals surface area (Å²) >= 11 is 0. The van der Waals surface area contributed by atoms with Gasteiger partial charge >= 0.3 is 0 Å². The standard InChI is InChI=1S/C27H30O17/c28-6-14-17(33)20(36)22(38)26(42-14)40-7-15-18(34)21(37)23(39)27(43-15)44-25-19(35)16-12(32)4-9(29)5-13(16)41-24(25)8-1-2-10(30)11(31)3-8/h1-5,14-15,17-18,20-23,26-34,36-39H,6-7H2/t14-,15+,17-,18+,20+,21-,22-,23+,26-,27+/m1/s1. The van der Waals surface area contributed by atoms with Crippen molar-refractivity contribution in [1.82, 2.24) is 0 Å². The minimum absolute atomic E-state index is 0.0504. The van der Waals surface area contributed by atoms with Crippen molar-refractivity contribution in [2.45, 2.75) is 61.4 Å². The molecular weight excluding hydrogens is 596 g/mol. The lowest BCUT2D eigenvalue weighted by Gasteiger charge is -2.42. The lowest BCUT2D eigenvalue weighted by atomic mass is 9.98. The zero-order valence-corrected chi connectivity index (χ0v) is 22.4. The molecule has 10 atom stereocenters. The minimum atomic E-state index is -2.00. The summed E-state index contributed by atoms with van der Waals surface area (Å²) in [5.74, 6) is -3.44. The van der Waals surface area contributed by atoms with Gasteiger partial charge in [-0.1, -0.05) is 0 Å². The van der Waals surface area contributed by atoms with Crippen molar-refractivity contribution in [3.8, 4) is 40.1 Å². The Kier molecular flexibility index (Phi) is 8.87. The second-order valence-electron chi connectivity index (χ2n) is 10.3. The van der Waals surface area contributed by atoms with Gasteiger partial charge in [-0.15, -0.1) is 0 Å². The van der Waals surface area contributed by atoms with Crippen LogP contribution in [0.1, 0.15) is 0 Å². The second kappa shape index (κ2) is 12.3. The predicted molar refractivity (Wildman–Crippen MR) is 142 cm³/mol. The third kappa shape index (κ3) is 5.73. The number of hydrogen-bond donors (Lipinski definition) is 11. The molecule has 2 fully saturated rings. The van der Waals surface area contributed by atoms with E-state index in [1.807, 2.05) is 0 Å². The number of aromatic hydroxyl groups is 4. The molecule has 44 heavy (non-hydrogen) atoms. The molecule has 2 saturated heterocycles. The van der Waals surface area contributed by atoms with E-state index in [2.05, 4.69) is 0 Å². The van der Waals surface area contributed by atoms with Crippen LogP contribution in [0.15, 0.2) is 39.5 Å². The number of aliphatic hydroxyl groups is 7. The molecule has 0 bridgehead atoms. The van der Waals surface area contributed by atoms with Crippen LogP contribution >= 0.6 is 0 Å². The van der Waals surface area contributed by atoms with E-state index >= 15 is 0 Å². The largest absolute Gasteiger partial charge is 0.508 e. The summed E-state index contributed by atoms with van der Waals surface area (Å²) < 4.78 is 27.6. The molecule has 0 radical (unpaired) electrons. The van der Waals surface area contributed by atoms with Gasteiger partial charge in [0.05, 0.1) is 13.2 Å². The Hall–Kier alpha value is -3.75. The first kappa shape index (κ1) is 31.7. The molecule has 0 spiro atoms. The number of aliphatic hydroxyl groups excluding tert-OH is 7. The van der Waals surface area contributed by atoms with Crippen molar-refractivity contribution in [2.75, 3.05) is 13.2 Å². The maximum Gasteiger partial charge on any atom is 0.239 e. The van der Waals surface area contributed by atoms with Gasteiger partial charge < -0.3 is 79.5 Å². The van der Waals surface area contributed by atoms with Crippen LogP contribution in [-0.2, 0) is 14.2 Å². The molecule has 1 aromatic heterocycles. The average molecular weight is 627 g/mol. The summed E-state index contributed by atoms with van der Waals surface area (Å²) in [6.45, 7) is -1.42. The minimum Gasteiger partial charge on any atom is -0.508 e. The molecule has 0 saturated carbocycles. The SMILES string of the molecule is O=c1c(O[C@@H]2O[C@@H](CO[C@@H]3O[C@H](CO)[C@@H](O)[C@H](O)[C@H]3O)[C@H](O)[C@@H](O)[C@@H]2O)c(-c2ccc(O)c(O)c2)oc2cc(O)cc(O)c12. The van der Waals surface area contributed by atoms with Gasteiger partial charge in [0.15, 0.2) is 23.5 Å². The van der Waals surface area contributed by atoms with Crippen LogP contribution in [0.25, 0.3) is 22.3 Å². The summed E-state index contributed by atoms with van der Waals surface area (Å²) in [5, 5.41) is 111. The van der Waals surface area contributed by atoms with E-state index < -0.39 is 120 Å². The summed E-state index contributed by atoms with van der Waals surface area (Å²) in [7, 11) is 0. The van der Waals surface area contributed by atoms with Crippen molar-refractivity contribution in [2.24, 2.45) is 0 Å². The fourth-order valence-corrected chi connectivity index (χ4v) is 4.89. The molecule has 11 N–H and O–H groups in total. The molecule has 5 rings (SSSR count). The van der Waals surface area contributed by atoms with E-state index in [0.717, 1.165) is 24.3 Å². The van der Waals surface area contributed by atoms with Crippen LogP contribution in [0.5, 0.6) is 28.7 Å². The number of phenolic OH excluding ortho intramolecular Hbond substituents is 4. The van der Waals surface area contributed by atoms with E-state index in [4.69, 9.17) is 23.4 Å². The molecule has 240 valence electrons. The highest BCUT2D eigenvalue weighted by Crippen LogP contribution is 2.39. The Balaban J connectivity index is 1.47. The topological polar surface area (TPSA) is 290 Å². The molecule has 2 aromatic carbocycles. The third-order valence-electron chi connectivity index (χ3n) is 7.33. The van der Waals surface area contributed by atoms with Gasteiger partial charge in [-0.3, -0.25) is 4.79 Å². The van der Waals surface area contributed by atoms with E-state index in [0.29, 0.717) is 0 Å². The maximum atomic E-state index is 13.6. The number of hydrogen-bond acceptors (Lipinski definition) is 17. The van der Waals surface area contributed by atoms with Crippen molar-refractivity contribution in [1.29, 1.82) is 0 Å². The first-order valence-corrected chi connectivity index (χ1v) is 13.2. The smallest absolute Gasteiger partial charge is 0.239 e. The molecule has 3 aromatic rings. The molecular formula is C27H30O17. The average Bonchev–Trinajstić information content (AvgIpc) is 2.98. The van der Waals surface area contributed by atoms with Crippen LogP contribution in [0.2, 0.25) is 0 Å². The fourth-order valence-electron chi connectivity index (χ4n) is 4.89. The maximum absolute atomic E-state index is 13.6. The molecule has 2 aliphatic rings. The Morgan fingerprint density at radius 3 is 2.00 bits per heavy atom. The Morgan fingerprint density at radius 1 is 0.705 bits per heavy atom. The van der Waals surface area contributed by atoms with Crippen molar-refractivity contribution in [3.05, 3.63) is 40.6 Å². The Labute approximate surface area is 246 Å². The van der Waals surface area contributed by atoms with Gasteiger partial charge in [0.2, 0.25) is 17.5 Å². The number of rotatable bonds is 7. The van der Waals surface area contributed by atoms with Gasteiger partial charge in [-0.2, -0.15) is 0 Å². The van der Waals surface area contributed by atoms with Crippen LogP contribution < -0.4 is 10.2 Å². The number of fused-ring (bicyclic) bond motifs is 1. The molecule has 2 aliphatic heterocycles. The highest BCUT2D eigenvalue weighted by Gasteiger charge is 2.48. The van der Waals surface area contributed by atoms with Crippen LogP contribution in [0.4, 0.5) is 0 Å². The van der Waals surface area contributed by atoms with Crippen molar-refractivity contribution in [3.63, 3.8) is 0 Å². The number of ether oxygens (including phenoxy) is 4. The van der Waals surface area contributed by atoms with Gasteiger partial charge in [-0.05, 0) is 18.2 Å². The van der Waals surface area contributed by atoms with E-state index in [-0.39, 0.29) is 11.1 Å².